The van der Waals surface area contributed by atoms with E-state index >= 15 is 0 Å². The molecule has 0 amide bonds. The summed E-state index contributed by atoms with van der Waals surface area (Å²) < 4.78 is 7.50. The molecule has 0 aliphatic carbocycles. The second-order valence-electron chi connectivity index (χ2n) is 4.14. The predicted octanol–water partition coefficient (Wildman–Crippen LogP) is 2.88. The quantitative estimate of drug-likeness (QED) is 0.761. The van der Waals surface area contributed by atoms with E-state index in [1.165, 1.54) is 0 Å². The number of imidazole rings is 1. The van der Waals surface area contributed by atoms with E-state index in [0.29, 0.717) is 5.92 Å². The predicted molar refractivity (Wildman–Crippen MR) is 63.0 cm³/mol. The third-order valence-electron chi connectivity index (χ3n) is 3.11. The van der Waals surface area contributed by atoms with Gasteiger partial charge in [0.1, 0.15) is 5.82 Å². The Morgan fingerprint density at radius 3 is 3.00 bits per heavy atom. The van der Waals surface area contributed by atoms with E-state index in [1.807, 2.05) is 24.5 Å². The van der Waals surface area contributed by atoms with E-state index in [9.17, 15) is 0 Å². The van der Waals surface area contributed by atoms with E-state index in [1.54, 1.807) is 0 Å². The number of ether oxygens (including phenoxy) is 1. The largest absolute Gasteiger partial charge is 0.381 e. The number of hydrogen-bond acceptors (Lipinski definition) is 2. The zero-order chi connectivity index (χ0) is 11.0. The van der Waals surface area contributed by atoms with Crippen LogP contribution in [0.25, 0.3) is 5.52 Å². The van der Waals surface area contributed by atoms with Gasteiger partial charge in [-0.1, -0.05) is 11.6 Å². The van der Waals surface area contributed by atoms with Crippen molar-refractivity contribution >= 4 is 17.1 Å². The number of hydrogen-bond donors (Lipinski definition) is 0. The summed E-state index contributed by atoms with van der Waals surface area (Å²) in [6, 6.07) is 3.84. The van der Waals surface area contributed by atoms with Crippen molar-refractivity contribution in [1.82, 2.24) is 9.38 Å². The monoisotopic (exact) mass is 236 g/mol. The molecule has 84 valence electrons. The van der Waals surface area contributed by atoms with E-state index < -0.39 is 0 Å². The highest BCUT2D eigenvalue weighted by atomic mass is 35.5. The summed E-state index contributed by atoms with van der Waals surface area (Å²) in [5.74, 6) is 1.65. The SMILES string of the molecule is Clc1ccn2c(C3CCOCC3)ncc2c1. The van der Waals surface area contributed by atoms with Gasteiger partial charge in [-0.15, -0.1) is 0 Å². The van der Waals surface area contributed by atoms with Crippen LogP contribution >= 0.6 is 11.6 Å². The van der Waals surface area contributed by atoms with Gasteiger partial charge < -0.3 is 9.14 Å². The average Bonchev–Trinajstić information content (AvgIpc) is 2.73. The molecule has 1 aliphatic heterocycles. The lowest BCUT2D eigenvalue weighted by Crippen LogP contribution is -2.16. The molecule has 0 unspecified atom stereocenters. The van der Waals surface area contributed by atoms with Crippen LogP contribution in [0.1, 0.15) is 24.6 Å². The van der Waals surface area contributed by atoms with Crippen LogP contribution in [0.15, 0.2) is 24.5 Å². The molecule has 0 bridgehead atoms. The van der Waals surface area contributed by atoms with Crippen molar-refractivity contribution in [3.8, 4) is 0 Å². The van der Waals surface area contributed by atoms with Crippen molar-refractivity contribution in [2.45, 2.75) is 18.8 Å². The lowest BCUT2D eigenvalue weighted by Gasteiger charge is -2.20. The highest BCUT2D eigenvalue weighted by molar-refractivity contribution is 6.30. The Hall–Kier alpha value is -1.06. The first-order chi connectivity index (χ1) is 7.84. The molecule has 0 radical (unpaired) electrons. The molecule has 1 saturated heterocycles. The Balaban J connectivity index is 2.03. The van der Waals surface area contributed by atoms with Crippen molar-refractivity contribution in [2.75, 3.05) is 13.2 Å². The number of fused-ring (bicyclic) bond motifs is 1. The Kier molecular flexibility index (Phi) is 2.58. The molecule has 3 nitrogen and oxygen atoms in total. The van der Waals surface area contributed by atoms with Gasteiger partial charge in [-0.2, -0.15) is 0 Å². The van der Waals surface area contributed by atoms with Crippen molar-refractivity contribution in [1.29, 1.82) is 0 Å². The first-order valence-electron chi connectivity index (χ1n) is 5.55. The van der Waals surface area contributed by atoms with Crippen LogP contribution in [0.3, 0.4) is 0 Å². The third kappa shape index (κ3) is 1.70. The molecule has 1 aliphatic rings. The number of rotatable bonds is 1. The van der Waals surface area contributed by atoms with Gasteiger partial charge in [-0.05, 0) is 25.0 Å². The maximum atomic E-state index is 5.95. The molecule has 0 atom stereocenters. The maximum absolute atomic E-state index is 5.95. The van der Waals surface area contributed by atoms with E-state index in [0.717, 1.165) is 42.4 Å². The molecular weight excluding hydrogens is 224 g/mol. The first-order valence-corrected chi connectivity index (χ1v) is 5.92. The second kappa shape index (κ2) is 4.07. The number of halogens is 1. The fourth-order valence-corrected chi connectivity index (χ4v) is 2.42. The van der Waals surface area contributed by atoms with Gasteiger partial charge in [0, 0.05) is 30.4 Å². The smallest absolute Gasteiger partial charge is 0.116 e. The first kappa shape index (κ1) is 10.1. The molecule has 0 saturated carbocycles. The van der Waals surface area contributed by atoms with Gasteiger partial charge in [0.05, 0.1) is 11.7 Å². The van der Waals surface area contributed by atoms with Crippen LogP contribution in [-0.4, -0.2) is 22.6 Å². The summed E-state index contributed by atoms with van der Waals surface area (Å²) in [6.07, 6.45) is 6.00. The Bertz CT molecular complexity index is 503. The van der Waals surface area contributed by atoms with Gasteiger partial charge in [-0.3, -0.25) is 0 Å². The lowest BCUT2D eigenvalue weighted by molar-refractivity contribution is 0.0835. The van der Waals surface area contributed by atoms with Gasteiger partial charge >= 0.3 is 0 Å². The van der Waals surface area contributed by atoms with Gasteiger partial charge in [0.15, 0.2) is 0 Å². The summed E-state index contributed by atoms with van der Waals surface area (Å²) in [4.78, 5) is 4.51. The highest BCUT2D eigenvalue weighted by Gasteiger charge is 2.19. The van der Waals surface area contributed by atoms with Crippen LogP contribution in [0.2, 0.25) is 5.02 Å². The molecule has 0 spiro atoms. The summed E-state index contributed by atoms with van der Waals surface area (Å²) in [5, 5.41) is 0.755. The normalized spacial score (nSPS) is 18.1. The van der Waals surface area contributed by atoms with Crippen LogP contribution in [0, 0.1) is 0 Å². The molecule has 0 aromatic carbocycles. The Morgan fingerprint density at radius 2 is 2.19 bits per heavy atom. The fraction of sp³-hybridized carbons (Fsp3) is 0.417. The molecule has 1 fully saturated rings. The maximum Gasteiger partial charge on any atom is 0.116 e. The summed E-state index contributed by atoms with van der Waals surface area (Å²) >= 11 is 5.95. The fourth-order valence-electron chi connectivity index (χ4n) is 2.25. The minimum atomic E-state index is 0.512. The van der Waals surface area contributed by atoms with Gasteiger partial charge in [0.2, 0.25) is 0 Å². The minimum absolute atomic E-state index is 0.512. The van der Waals surface area contributed by atoms with Gasteiger partial charge in [0.25, 0.3) is 0 Å². The lowest BCUT2D eigenvalue weighted by atomic mass is 10.00. The highest BCUT2D eigenvalue weighted by Crippen LogP contribution is 2.27. The Labute approximate surface area is 99.0 Å². The van der Waals surface area contributed by atoms with E-state index in [2.05, 4.69) is 9.38 Å². The van der Waals surface area contributed by atoms with Crippen molar-refractivity contribution < 1.29 is 4.74 Å². The van der Waals surface area contributed by atoms with Crippen LogP contribution < -0.4 is 0 Å². The molecule has 0 N–H and O–H groups in total. The number of nitrogens with zero attached hydrogens (tertiary/aromatic N) is 2. The number of pyridine rings is 1. The average molecular weight is 237 g/mol. The minimum Gasteiger partial charge on any atom is -0.381 e. The standard InChI is InChI=1S/C12H13ClN2O/c13-10-1-4-15-11(7-10)8-14-12(15)9-2-5-16-6-3-9/h1,4,7-9H,2-3,5-6H2. The third-order valence-corrected chi connectivity index (χ3v) is 3.34. The zero-order valence-corrected chi connectivity index (χ0v) is 9.65. The van der Waals surface area contributed by atoms with Crippen LogP contribution in [0.4, 0.5) is 0 Å². The second-order valence-corrected chi connectivity index (χ2v) is 4.58. The topological polar surface area (TPSA) is 26.5 Å². The summed E-state index contributed by atoms with van der Waals surface area (Å²) in [7, 11) is 0. The Morgan fingerprint density at radius 1 is 1.38 bits per heavy atom. The van der Waals surface area contributed by atoms with Gasteiger partial charge in [-0.25, -0.2) is 4.98 Å². The zero-order valence-electron chi connectivity index (χ0n) is 8.90. The molecule has 2 aromatic rings. The van der Waals surface area contributed by atoms with E-state index in [4.69, 9.17) is 16.3 Å². The summed E-state index contributed by atoms with van der Waals surface area (Å²) in [5.41, 5.74) is 1.06. The van der Waals surface area contributed by atoms with Crippen LogP contribution in [0.5, 0.6) is 0 Å². The molecule has 3 rings (SSSR count). The van der Waals surface area contributed by atoms with E-state index in [-0.39, 0.29) is 0 Å². The number of aromatic nitrogens is 2. The molecular formula is C12H13ClN2O. The van der Waals surface area contributed by atoms with Crippen molar-refractivity contribution in [3.63, 3.8) is 0 Å². The van der Waals surface area contributed by atoms with Crippen molar-refractivity contribution in [3.05, 3.63) is 35.4 Å². The van der Waals surface area contributed by atoms with Crippen molar-refractivity contribution in [2.24, 2.45) is 0 Å². The molecule has 4 heteroatoms. The molecule has 16 heavy (non-hydrogen) atoms. The molecule has 3 heterocycles. The summed E-state index contributed by atoms with van der Waals surface area (Å²) in [6.45, 7) is 1.68. The van der Waals surface area contributed by atoms with Crippen LogP contribution in [-0.2, 0) is 4.74 Å². The molecule has 2 aromatic heterocycles.